The van der Waals surface area contributed by atoms with Crippen LogP contribution >= 0.6 is 0 Å². The van der Waals surface area contributed by atoms with Crippen molar-refractivity contribution in [1.29, 1.82) is 0 Å². The normalized spacial score (nSPS) is 42.5. The maximum absolute atomic E-state index is 12.6. The molecule has 0 amide bonds. The average molecular weight is 554 g/mol. The molecule has 8 heteroatoms. The Labute approximate surface area is 236 Å². The van der Waals surface area contributed by atoms with E-state index in [0.717, 1.165) is 30.4 Å². The van der Waals surface area contributed by atoms with Gasteiger partial charge in [0.2, 0.25) is 0 Å². The number of benzene rings is 1. The molecule has 4 saturated carbocycles. The number of hydrogen-bond acceptors (Lipinski definition) is 8. The molecule has 5 aliphatic rings. The van der Waals surface area contributed by atoms with Crippen molar-refractivity contribution in [3.05, 3.63) is 35.4 Å². The molecule has 3 N–H and O–H groups in total. The van der Waals surface area contributed by atoms with E-state index in [1.165, 1.54) is 0 Å². The molecule has 40 heavy (non-hydrogen) atoms. The number of cyclic esters (lactones) is 1. The quantitative estimate of drug-likeness (QED) is 0.360. The Balaban J connectivity index is 1.33. The first kappa shape index (κ1) is 27.7. The Morgan fingerprint density at radius 2 is 1.80 bits per heavy atom. The molecule has 8 atom stereocenters. The summed E-state index contributed by atoms with van der Waals surface area (Å²) in [5.74, 6) is 1.22. The Morgan fingerprint density at radius 1 is 1.02 bits per heavy atom. The van der Waals surface area contributed by atoms with Crippen molar-refractivity contribution >= 4 is 12.2 Å². The lowest BCUT2D eigenvalue weighted by molar-refractivity contribution is -0.237. The number of rotatable bonds is 6. The molecule has 0 saturated heterocycles. The van der Waals surface area contributed by atoms with E-state index >= 15 is 0 Å². The van der Waals surface area contributed by atoms with E-state index in [1.807, 2.05) is 24.4 Å². The minimum Gasteiger partial charge on any atom is -0.493 e. The van der Waals surface area contributed by atoms with Gasteiger partial charge in [0.05, 0.1) is 38.1 Å². The molecule has 0 aromatic heterocycles. The van der Waals surface area contributed by atoms with Gasteiger partial charge in [0, 0.05) is 29.5 Å². The molecule has 4 aliphatic carbocycles. The van der Waals surface area contributed by atoms with Crippen molar-refractivity contribution < 1.29 is 34.3 Å². The third kappa shape index (κ3) is 3.97. The van der Waals surface area contributed by atoms with Crippen molar-refractivity contribution in [2.75, 3.05) is 20.8 Å². The summed E-state index contributed by atoms with van der Waals surface area (Å²) >= 11 is 0. The van der Waals surface area contributed by atoms with Gasteiger partial charge in [0.25, 0.3) is 0 Å². The fraction of sp³-hybridized carbons (Fsp3) is 0.688. The van der Waals surface area contributed by atoms with Crippen LogP contribution in [0.15, 0.2) is 34.8 Å². The van der Waals surface area contributed by atoms with Gasteiger partial charge in [-0.1, -0.05) is 13.0 Å². The van der Waals surface area contributed by atoms with Gasteiger partial charge in [-0.25, -0.2) is 4.79 Å². The molecule has 0 bridgehead atoms. The molecule has 218 valence electrons. The summed E-state index contributed by atoms with van der Waals surface area (Å²) in [5, 5.41) is 35.4. The van der Waals surface area contributed by atoms with Crippen LogP contribution < -0.4 is 9.47 Å². The van der Waals surface area contributed by atoms with Crippen molar-refractivity contribution in [1.82, 2.24) is 0 Å². The maximum atomic E-state index is 12.6. The molecule has 1 aliphatic heterocycles. The molecule has 0 spiro atoms. The summed E-state index contributed by atoms with van der Waals surface area (Å²) in [4.78, 5) is 16.8. The molecule has 1 aromatic rings. The first-order valence-electron chi connectivity index (χ1n) is 14.8. The third-order valence-electron chi connectivity index (χ3n) is 11.7. The first-order chi connectivity index (χ1) is 19.1. The van der Waals surface area contributed by atoms with Crippen molar-refractivity contribution in [2.45, 2.75) is 88.6 Å². The number of aliphatic imine (C=N–C) groups is 1. The zero-order valence-electron chi connectivity index (χ0n) is 23.9. The number of fused-ring (bicyclic) bond motifs is 5. The highest BCUT2D eigenvalue weighted by Gasteiger charge is 2.71. The number of methoxy groups -OCH3 is 2. The van der Waals surface area contributed by atoms with Gasteiger partial charge in [-0.15, -0.1) is 0 Å². The predicted octanol–water partition coefficient (Wildman–Crippen LogP) is 3.99. The van der Waals surface area contributed by atoms with E-state index in [0.29, 0.717) is 63.2 Å². The number of ether oxygens (including phenoxy) is 3. The molecular formula is C32H43NO7. The second-order valence-corrected chi connectivity index (χ2v) is 13.2. The maximum Gasteiger partial charge on any atom is 0.331 e. The topological polar surface area (TPSA) is 118 Å². The lowest BCUT2D eigenvalue weighted by Crippen LogP contribution is -2.68. The standard InChI is InChI=1S/C32H43NO7/c1-29-10-7-24-25(32(29,37)13-9-23(29)21-15-28(35)40-18-21)8-12-31(36)16-22(34)6-11-30(24,31)19-33-17-20-4-5-26(38-2)27(14-20)39-3/h4-5,14-15,19,22-25,34,36-37H,6-13,16-18H2,1-3H3/t22-,23+,24+,25+,29+,30-,31+,32-/m0/s1. The van der Waals surface area contributed by atoms with Crippen LogP contribution in [0.1, 0.15) is 70.3 Å². The van der Waals surface area contributed by atoms with Crippen LogP contribution in [-0.2, 0) is 16.1 Å². The molecule has 0 radical (unpaired) electrons. The summed E-state index contributed by atoms with van der Waals surface area (Å²) in [6.07, 6.45) is 9.12. The molecule has 6 rings (SSSR count). The summed E-state index contributed by atoms with van der Waals surface area (Å²) in [5.41, 5.74) is -0.937. The van der Waals surface area contributed by atoms with Crippen LogP contribution in [0.3, 0.4) is 0 Å². The van der Waals surface area contributed by atoms with Gasteiger partial charge in [-0.05, 0) is 92.4 Å². The second-order valence-electron chi connectivity index (χ2n) is 13.2. The minimum absolute atomic E-state index is 0.0120. The number of carbonyl (C=O) groups is 1. The SMILES string of the molecule is COc1ccc(CN=C[C@]23CC[C@H](O)C[C@]2(O)CC[C@@H]2[C@H]3CC[C@]3(C)[C@@H](C4=CC(=O)OC4)CC[C@]23O)cc1OC. The number of aliphatic hydroxyl groups is 3. The summed E-state index contributed by atoms with van der Waals surface area (Å²) in [6.45, 7) is 2.96. The minimum atomic E-state index is -1.07. The molecular weight excluding hydrogens is 510 g/mol. The molecule has 8 nitrogen and oxygen atoms in total. The van der Waals surface area contributed by atoms with E-state index in [1.54, 1.807) is 20.3 Å². The molecule has 0 unspecified atom stereocenters. The van der Waals surface area contributed by atoms with Crippen LogP contribution in [0.25, 0.3) is 0 Å². The van der Waals surface area contributed by atoms with Crippen LogP contribution in [0.5, 0.6) is 11.5 Å². The number of hydrogen-bond donors (Lipinski definition) is 3. The Kier molecular flexibility index (Phi) is 6.83. The van der Waals surface area contributed by atoms with Crippen LogP contribution in [-0.4, -0.2) is 65.6 Å². The van der Waals surface area contributed by atoms with Crippen LogP contribution in [0.2, 0.25) is 0 Å². The highest BCUT2D eigenvalue weighted by atomic mass is 16.5. The van der Waals surface area contributed by atoms with Gasteiger partial charge in [0.15, 0.2) is 11.5 Å². The fourth-order valence-electron chi connectivity index (χ4n) is 9.65. The van der Waals surface area contributed by atoms with Gasteiger partial charge < -0.3 is 29.5 Å². The Morgan fingerprint density at radius 3 is 2.52 bits per heavy atom. The van der Waals surface area contributed by atoms with E-state index in [4.69, 9.17) is 19.2 Å². The van der Waals surface area contributed by atoms with Crippen molar-refractivity contribution in [3.63, 3.8) is 0 Å². The second kappa shape index (κ2) is 9.85. The Bertz CT molecular complexity index is 1230. The Hall–Kier alpha value is -2.42. The highest BCUT2D eigenvalue weighted by Crippen LogP contribution is 2.70. The number of nitrogens with zero attached hydrogens (tertiary/aromatic N) is 1. The monoisotopic (exact) mass is 553 g/mol. The van der Waals surface area contributed by atoms with Gasteiger partial charge in [-0.2, -0.15) is 0 Å². The summed E-state index contributed by atoms with van der Waals surface area (Å²) < 4.78 is 16.1. The van der Waals surface area contributed by atoms with Crippen molar-refractivity contribution in [2.24, 2.45) is 33.6 Å². The largest absolute Gasteiger partial charge is 0.493 e. The third-order valence-corrected chi connectivity index (χ3v) is 11.7. The van der Waals surface area contributed by atoms with Crippen LogP contribution in [0, 0.1) is 28.6 Å². The lowest BCUT2D eigenvalue weighted by atomic mass is 9.41. The smallest absolute Gasteiger partial charge is 0.331 e. The number of aliphatic hydroxyl groups excluding tert-OH is 1. The van der Waals surface area contributed by atoms with Gasteiger partial charge >= 0.3 is 5.97 Å². The zero-order chi connectivity index (χ0) is 28.3. The molecule has 1 heterocycles. The highest BCUT2D eigenvalue weighted by molar-refractivity contribution is 5.85. The summed E-state index contributed by atoms with van der Waals surface area (Å²) in [7, 11) is 3.23. The molecule has 1 aromatic carbocycles. The lowest BCUT2D eigenvalue weighted by Gasteiger charge is -2.65. The predicted molar refractivity (Wildman–Crippen MR) is 149 cm³/mol. The van der Waals surface area contributed by atoms with Crippen molar-refractivity contribution in [3.8, 4) is 11.5 Å². The van der Waals surface area contributed by atoms with E-state index in [-0.39, 0.29) is 29.1 Å². The average Bonchev–Trinajstić information content (AvgIpc) is 3.48. The molecule has 4 fully saturated rings. The summed E-state index contributed by atoms with van der Waals surface area (Å²) in [6, 6.07) is 5.77. The van der Waals surface area contributed by atoms with E-state index < -0.39 is 22.7 Å². The zero-order valence-corrected chi connectivity index (χ0v) is 23.9. The van der Waals surface area contributed by atoms with Gasteiger partial charge in [-0.3, -0.25) is 4.99 Å². The van der Waals surface area contributed by atoms with E-state index in [2.05, 4.69) is 6.92 Å². The number of carbonyl (C=O) groups excluding carboxylic acids is 1. The first-order valence-corrected chi connectivity index (χ1v) is 14.8. The van der Waals surface area contributed by atoms with Gasteiger partial charge in [0.1, 0.15) is 6.61 Å². The van der Waals surface area contributed by atoms with Crippen LogP contribution in [0.4, 0.5) is 0 Å². The van der Waals surface area contributed by atoms with E-state index in [9.17, 15) is 20.1 Å². The number of esters is 1. The fourth-order valence-corrected chi connectivity index (χ4v) is 9.65.